The predicted molar refractivity (Wildman–Crippen MR) is 71.1 cm³/mol. The molecule has 0 saturated carbocycles. The zero-order valence-corrected chi connectivity index (χ0v) is 10.6. The number of amides is 1. The van der Waals surface area contributed by atoms with Crippen LogP contribution in [0.15, 0.2) is 24.3 Å². The molecule has 1 fully saturated rings. The summed E-state index contributed by atoms with van der Waals surface area (Å²) in [6.07, 6.45) is 3.99. The van der Waals surface area contributed by atoms with Gasteiger partial charge in [-0.25, -0.2) is 0 Å². The maximum Gasteiger partial charge on any atom is 0.226 e. The van der Waals surface area contributed by atoms with Crippen LogP contribution in [0.4, 0.5) is 0 Å². The molecule has 3 rings (SSSR count). The highest BCUT2D eigenvalue weighted by Crippen LogP contribution is 2.29. The Labute approximate surface area is 108 Å². The molecule has 1 unspecified atom stereocenters. The van der Waals surface area contributed by atoms with E-state index in [1.54, 1.807) is 0 Å². The van der Waals surface area contributed by atoms with Crippen molar-refractivity contribution >= 4 is 5.91 Å². The van der Waals surface area contributed by atoms with Gasteiger partial charge in [-0.1, -0.05) is 24.3 Å². The van der Waals surface area contributed by atoms with Gasteiger partial charge in [-0.15, -0.1) is 0 Å². The average molecular weight is 244 g/mol. The first kappa shape index (κ1) is 11.7. The molecule has 1 aromatic rings. The molecule has 0 spiro atoms. The molecule has 1 atom stereocenters. The molecule has 0 aromatic heterocycles. The Bertz CT molecular complexity index is 433. The van der Waals surface area contributed by atoms with Gasteiger partial charge in [0.1, 0.15) is 0 Å². The molecule has 0 radical (unpaired) electrons. The Kier molecular flexibility index (Phi) is 3.08. The second kappa shape index (κ2) is 4.73. The highest BCUT2D eigenvalue weighted by molar-refractivity contribution is 5.81. The molecule has 2 N–H and O–H groups in total. The van der Waals surface area contributed by atoms with E-state index in [1.165, 1.54) is 11.1 Å². The third-order valence-corrected chi connectivity index (χ3v) is 4.33. The van der Waals surface area contributed by atoms with Crippen molar-refractivity contribution in [1.29, 1.82) is 0 Å². The second-order valence-electron chi connectivity index (χ2n) is 5.44. The van der Waals surface area contributed by atoms with E-state index in [4.69, 9.17) is 5.73 Å². The number of hydrogen-bond acceptors (Lipinski definition) is 2. The fourth-order valence-electron chi connectivity index (χ4n) is 3.34. The lowest BCUT2D eigenvalue weighted by molar-refractivity contribution is -0.135. The average Bonchev–Trinajstić information content (AvgIpc) is 3.03. The minimum Gasteiger partial charge on any atom is -0.338 e. The van der Waals surface area contributed by atoms with Crippen molar-refractivity contribution in [2.45, 2.75) is 31.7 Å². The van der Waals surface area contributed by atoms with Crippen molar-refractivity contribution in [1.82, 2.24) is 4.90 Å². The molecule has 1 aliphatic carbocycles. The molecule has 96 valence electrons. The van der Waals surface area contributed by atoms with E-state index in [9.17, 15) is 4.79 Å². The van der Waals surface area contributed by atoms with Gasteiger partial charge in [-0.2, -0.15) is 0 Å². The first-order valence-electron chi connectivity index (χ1n) is 6.87. The van der Waals surface area contributed by atoms with E-state index in [0.29, 0.717) is 12.5 Å². The van der Waals surface area contributed by atoms with Crippen molar-refractivity contribution in [3.63, 3.8) is 0 Å². The quantitative estimate of drug-likeness (QED) is 0.853. The van der Waals surface area contributed by atoms with Gasteiger partial charge in [-0.05, 0) is 36.8 Å². The molecule has 3 heteroatoms. The SMILES string of the molecule is NCC1CCCN1C(=O)C1Cc2ccccc2C1. The smallest absolute Gasteiger partial charge is 0.226 e. The van der Waals surface area contributed by atoms with Crippen LogP contribution in [0.1, 0.15) is 24.0 Å². The molecule has 0 bridgehead atoms. The standard InChI is InChI=1S/C15H20N2O/c16-10-14-6-3-7-17(14)15(18)13-8-11-4-1-2-5-12(11)9-13/h1-2,4-5,13-14H,3,6-10,16H2. The van der Waals surface area contributed by atoms with Crippen LogP contribution in [-0.4, -0.2) is 29.9 Å². The van der Waals surface area contributed by atoms with Gasteiger partial charge in [0.15, 0.2) is 0 Å². The fourth-order valence-corrected chi connectivity index (χ4v) is 3.34. The molecular weight excluding hydrogens is 224 g/mol. The van der Waals surface area contributed by atoms with Crippen LogP contribution < -0.4 is 5.73 Å². The molecule has 1 aromatic carbocycles. The summed E-state index contributed by atoms with van der Waals surface area (Å²) < 4.78 is 0. The van der Waals surface area contributed by atoms with Gasteiger partial charge < -0.3 is 10.6 Å². The van der Waals surface area contributed by atoms with Crippen molar-refractivity contribution in [2.75, 3.05) is 13.1 Å². The molecule has 18 heavy (non-hydrogen) atoms. The van der Waals surface area contributed by atoms with E-state index >= 15 is 0 Å². The highest BCUT2D eigenvalue weighted by Gasteiger charge is 2.35. The van der Waals surface area contributed by atoms with E-state index in [0.717, 1.165) is 32.2 Å². The van der Waals surface area contributed by atoms with Crippen molar-refractivity contribution in [2.24, 2.45) is 11.7 Å². The van der Waals surface area contributed by atoms with Crippen LogP contribution in [0.3, 0.4) is 0 Å². The molecule has 2 aliphatic rings. The number of carbonyl (C=O) groups is 1. The monoisotopic (exact) mass is 244 g/mol. The number of benzene rings is 1. The van der Waals surface area contributed by atoms with Crippen LogP contribution in [0.2, 0.25) is 0 Å². The van der Waals surface area contributed by atoms with E-state index in [1.807, 2.05) is 4.90 Å². The first-order valence-corrected chi connectivity index (χ1v) is 6.87. The summed E-state index contributed by atoms with van der Waals surface area (Å²) in [5.41, 5.74) is 8.44. The first-order chi connectivity index (χ1) is 8.79. The minimum absolute atomic E-state index is 0.148. The summed E-state index contributed by atoms with van der Waals surface area (Å²) in [4.78, 5) is 14.6. The Morgan fingerprint density at radius 1 is 1.28 bits per heavy atom. The van der Waals surface area contributed by atoms with Gasteiger partial charge in [0.25, 0.3) is 0 Å². The number of fused-ring (bicyclic) bond motifs is 1. The molecule has 1 heterocycles. The van der Waals surface area contributed by atoms with Gasteiger partial charge in [0.05, 0.1) is 0 Å². The molecule has 1 aliphatic heterocycles. The van der Waals surface area contributed by atoms with Crippen LogP contribution in [0.25, 0.3) is 0 Å². The second-order valence-corrected chi connectivity index (χ2v) is 5.44. The molecule has 3 nitrogen and oxygen atoms in total. The van der Waals surface area contributed by atoms with Crippen LogP contribution in [0.5, 0.6) is 0 Å². The zero-order valence-electron chi connectivity index (χ0n) is 10.6. The summed E-state index contributed by atoms with van der Waals surface area (Å²) >= 11 is 0. The van der Waals surface area contributed by atoms with Gasteiger partial charge in [0.2, 0.25) is 5.91 Å². The van der Waals surface area contributed by atoms with E-state index in [2.05, 4.69) is 24.3 Å². The van der Waals surface area contributed by atoms with Gasteiger partial charge >= 0.3 is 0 Å². The molecular formula is C15H20N2O. The summed E-state index contributed by atoms with van der Waals surface area (Å²) in [6, 6.07) is 8.69. The Balaban J connectivity index is 1.72. The van der Waals surface area contributed by atoms with Crippen molar-refractivity contribution in [3.05, 3.63) is 35.4 Å². The lowest BCUT2D eigenvalue weighted by Gasteiger charge is -2.26. The maximum atomic E-state index is 12.6. The van der Waals surface area contributed by atoms with Crippen molar-refractivity contribution < 1.29 is 4.79 Å². The van der Waals surface area contributed by atoms with E-state index < -0.39 is 0 Å². The van der Waals surface area contributed by atoms with Crippen LogP contribution in [0, 0.1) is 5.92 Å². The normalized spacial score (nSPS) is 23.4. The molecule has 1 saturated heterocycles. The summed E-state index contributed by atoms with van der Waals surface area (Å²) in [6.45, 7) is 1.50. The maximum absolute atomic E-state index is 12.6. The van der Waals surface area contributed by atoms with Crippen LogP contribution >= 0.6 is 0 Å². The number of nitrogens with zero attached hydrogens (tertiary/aromatic N) is 1. The third-order valence-electron chi connectivity index (χ3n) is 4.33. The summed E-state index contributed by atoms with van der Waals surface area (Å²) in [7, 11) is 0. The van der Waals surface area contributed by atoms with E-state index in [-0.39, 0.29) is 12.0 Å². The van der Waals surface area contributed by atoms with Crippen molar-refractivity contribution in [3.8, 4) is 0 Å². The predicted octanol–water partition coefficient (Wildman–Crippen LogP) is 1.35. The van der Waals surface area contributed by atoms with Gasteiger partial charge in [0, 0.05) is 25.0 Å². The zero-order chi connectivity index (χ0) is 12.5. The summed E-state index contributed by atoms with van der Waals surface area (Å²) in [5.74, 6) is 0.466. The number of carbonyl (C=O) groups excluding carboxylic acids is 1. The Hall–Kier alpha value is -1.35. The largest absolute Gasteiger partial charge is 0.338 e. The minimum atomic E-state index is 0.148. The fraction of sp³-hybridized carbons (Fsp3) is 0.533. The number of nitrogens with two attached hydrogens (primary N) is 1. The Morgan fingerprint density at radius 3 is 2.56 bits per heavy atom. The van der Waals surface area contributed by atoms with Gasteiger partial charge in [-0.3, -0.25) is 4.79 Å². The Morgan fingerprint density at radius 2 is 1.94 bits per heavy atom. The van der Waals surface area contributed by atoms with Crippen LogP contribution in [-0.2, 0) is 17.6 Å². The lowest BCUT2D eigenvalue weighted by Crippen LogP contribution is -2.43. The highest BCUT2D eigenvalue weighted by atomic mass is 16.2. The number of likely N-dealkylation sites (tertiary alicyclic amines) is 1. The number of hydrogen-bond donors (Lipinski definition) is 1. The molecule has 1 amide bonds. The third kappa shape index (κ3) is 1.93. The number of rotatable bonds is 2. The summed E-state index contributed by atoms with van der Waals surface area (Å²) in [5, 5.41) is 0. The lowest BCUT2D eigenvalue weighted by atomic mass is 10.0. The topological polar surface area (TPSA) is 46.3 Å².